The minimum atomic E-state index is 0.0857. The average Bonchev–Trinajstić information content (AvgIpc) is 2.41. The van der Waals surface area contributed by atoms with Gasteiger partial charge in [0.1, 0.15) is 5.84 Å². The second-order valence-electron chi connectivity index (χ2n) is 4.34. The molecule has 0 unspecified atom stereocenters. The van der Waals surface area contributed by atoms with Gasteiger partial charge in [0.25, 0.3) is 0 Å². The van der Waals surface area contributed by atoms with Crippen LogP contribution in [0.1, 0.15) is 16.7 Å². The average molecular weight is 251 g/mol. The van der Waals surface area contributed by atoms with Crippen LogP contribution in [0.2, 0.25) is 0 Å². The first-order valence-corrected chi connectivity index (χ1v) is 6.11. The first kappa shape index (κ1) is 12.9. The lowest BCUT2D eigenvalue weighted by molar-refractivity contribution is 1.28. The zero-order valence-electron chi connectivity index (χ0n) is 10.6. The number of benzene rings is 2. The summed E-state index contributed by atoms with van der Waals surface area (Å²) in [5.74, 6) is 0.0857. The normalized spacial score (nSPS) is 10.7. The van der Waals surface area contributed by atoms with Crippen LogP contribution in [-0.2, 0) is 6.42 Å². The Morgan fingerprint density at radius 1 is 1.11 bits per heavy atom. The number of hydrogen-bond donors (Lipinski definition) is 3. The lowest BCUT2D eigenvalue weighted by Crippen LogP contribution is -2.10. The molecule has 0 saturated carbocycles. The van der Waals surface area contributed by atoms with E-state index in [1.54, 1.807) is 0 Å². The summed E-state index contributed by atoms with van der Waals surface area (Å²) in [4.78, 5) is 0. The standard InChI is InChI=1S/C16H17N3/c17-15-10-2-1-7-13(15)8-3-5-12-6-4-9-14(11-12)16(18)19/h1-7,9-11H,8,17H2,(H3,18,19)/b5-3+. The first-order chi connectivity index (χ1) is 9.16. The molecular weight excluding hydrogens is 234 g/mol. The Bertz CT molecular complexity index is 615. The van der Waals surface area contributed by atoms with Gasteiger partial charge in [-0.25, -0.2) is 0 Å². The van der Waals surface area contributed by atoms with Gasteiger partial charge in [-0.05, 0) is 29.7 Å². The van der Waals surface area contributed by atoms with E-state index in [9.17, 15) is 0 Å². The molecule has 0 spiro atoms. The monoisotopic (exact) mass is 251 g/mol. The minimum Gasteiger partial charge on any atom is -0.398 e. The lowest BCUT2D eigenvalue weighted by atomic mass is 10.1. The Balaban J connectivity index is 2.09. The molecule has 0 aliphatic heterocycles. The summed E-state index contributed by atoms with van der Waals surface area (Å²) in [5, 5.41) is 7.41. The molecule has 0 heterocycles. The highest BCUT2D eigenvalue weighted by Crippen LogP contribution is 2.13. The zero-order valence-corrected chi connectivity index (χ0v) is 10.6. The molecule has 0 aromatic heterocycles. The van der Waals surface area contributed by atoms with Gasteiger partial charge < -0.3 is 11.5 Å². The second kappa shape index (κ2) is 5.87. The van der Waals surface area contributed by atoms with Gasteiger partial charge in [0.2, 0.25) is 0 Å². The molecule has 0 saturated heterocycles. The van der Waals surface area contributed by atoms with Crippen LogP contribution in [0.3, 0.4) is 0 Å². The summed E-state index contributed by atoms with van der Waals surface area (Å²) in [7, 11) is 0. The number of anilines is 1. The molecule has 5 N–H and O–H groups in total. The zero-order chi connectivity index (χ0) is 13.7. The Labute approximate surface area is 113 Å². The Kier molecular flexibility index (Phi) is 3.98. The number of allylic oxidation sites excluding steroid dienone is 1. The van der Waals surface area contributed by atoms with Crippen molar-refractivity contribution in [2.45, 2.75) is 6.42 Å². The molecule has 0 bridgehead atoms. The first-order valence-electron chi connectivity index (χ1n) is 6.11. The highest BCUT2D eigenvalue weighted by atomic mass is 14.7. The van der Waals surface area contributed by atoms with Crippen molar-refractivity contribution in [2.75, 3.05) is 5.73 Å². The summed E-state index contributed by atoms with van der Waals surface area (Å²) < 4.78 is 0. The van der Waals surface area contributed by atoms with Crippen LogP contribution in [0.5, 0.6) is 0 Å². The minimum absolute atomic E-state index is 0.0857. The van der Waals surface area contributed by atoms with Crippen LogP contribution in [0.25, 0.3) is 6.08 Å². The van der Waals surface area contributed by atoms with E-state index >= 15 is 0 Å². The lowest BCUT2D eigenvalue weighted by Gasteiger charge is -2.02. The van der Waals surface area contributed by atoms with E-state index < -0.39 is 0 Å². The van der Waals surface area contributed by atoms with E-state index in [2.05, 4.69) is 6.08 Å². The molecule has 0 aliphatic carbocycles. The number of hydrogen-bond acceptors (Lipinski definition) is 2. The SMILES string of the molecule is N=C(N)c1cccc(/C=C/Cc2ccccc2N)c1. The summed E-state index contributed by atoms with van der Waals surface area (Å²) in [6.45, 7) is 0. The molecule has 3 nitrogen and oxygen atoms in total. The van der Waals surface area contributed by atoms with E-state index in [1.165, 1.54) is 0 Å². The predicted molar refractivity (Wildman–Crippen MR) is 81.1 cm³/mol. The number of nitrogens with one attached hydrogen (secondary N) is 1. The number of nitrogen functional groups attached to an aromatic ring is 2. The maximum atomic E-state index is 7.41. The van der Waals surface area contributed by atoms with Crippen molar-refractivity contribution >= 4 is 17.6 Å². The van der Waals surface area contributed by atoms with Gasteiger partial charge in [0.05, 0.1) is 0 Å². The van der Waals surface area contributed by atoms with Crippen molar-refractivity contribution < 1.29 is 0 Å². The van der Waals surface area contributed by atoms with E-state index in [-0.39, 0.29) is 5.84 Å². The predicted octanol–water partition coefficient (Wildman–Crippen LogP) is 2.81. The van der Waals surface area contributed by atoms with Crippen molar-refractivity contribution in [3.8, 4) is 0 Å². The van der Waals surface area contributed by atoms with Crippen molar-refractivity contribution in [3.63, 3.8) is 0 Å². The van der Waals surface area contributed by atoms with Crippen LogP contribution >= 0.6 is 0 Å². The highest BCUT2D eigenvalue weighted by Gasteiger charge is 1.97. The van der Waals surface area contributed by atoms with Gasteiger partial charge in [0.15, 0.2) is 0 Å². The quantitative estimate of drug-likeness (QED) is 0.444. The third-order valence-electron chi connectivity index (χ3n) is 2.90. The molecule has 2 rings (SSSR count). The molecule has 0 atom stereocenters. The maximum absolute atomic E-state index is 7.41. The fourth-order valence-corrected chi connectivity index (χ4v) is 1.85. The van der Waals surface area contributed by atoms with E-state index in [0.29, 0.717) is 0 Å². The molecule has 0 radical (unpaired) electrons. The van der Waals surface area contributed by atoms with Gasteiger partial charge in [0, 0.05) is 11.3 Å². The Morgan fingerprint density at radius 2 is 1.89 bits per heavy atom. The molecule has 96 valence electrons. The highest BCUT2D eigenvalue weighted by molar-refractivity contribution is 5.95. The molecule has 2 aromatic carbocycles. The summed E-state index contributed by atoms with van der Waals surface area (Å²) >= 11 is 0. The summed E-state index contributed by atoms with van der Waals surface area (Å²) in [6, 6.07) is 15.4. The second-order valence-corrected chi connectivity index (χ2v) is 4.34. The number of rotatable bonds is 4. The van der Waals surface area contributed by atoms with Gasteiger partial charge in [-0.2, -0.15) is 0 Å². The molecule has 3 heteroatoms. The third-order valence-corrected chi connectivity index (χ3v) is 2.90. The van der Waals surface area contributed by atoms with Crippen LogP contribution in [0.15, 0.2) is 54.6 Å². The van der Waals surface area contributed by atoms with Gasteiger partial charge in [-0.1, -0.05) is 48.6 Å². The van der Waals surface area contributed by atoms with Gasteiger partial charge in [-0.3, -0.25) is 5.41 Å². The third kappa shape index (κ3) is 3.45. The van der Waals surface area contributed by atoms with E-state index in [1.807, 2.05) is 54.6 Å². The smallest absolute Gasteiger partial charge is 0.122 e. The van der Waals surface area contributed by atoms with Crippen LogP contribution < -0.4 is 11.5 Å². The van der Waals surface area contributed by atoms with Crippen molar-refractivity contribution in [1.82, 2.24) is 0 Å². The molecular formula is C16H17N3. The molecule has 2 aromatic rings. The summed E-state index contributed by atoms with van der Waals surface area (Å²) in [5.41, 5.74) is 15.0. The number of para-hydroxylation sites is 1. The molecule has 19 heavy (non-hydrogen) atoms. The van der Waals surface area contributed by atoms with Crippen LogP contribution in [0.4, 0.5) is 5.69 Å². The van der Waals surface area contributed by atoms with Crippen LogP contribution in [-0.4, -0.2) is 5.84 Å². The molecule has 0 amide bonds. The Morgan fingerprint density at radius 3 is 2.63 bits per heavy atom. The number of nitrogens with two attached hydrogens (primary N) is 2. The van der Waals surface area contributed by atoms with Gasteiger partial charge >= 0.3 is 0 Å². The fourth-order valence-electron chi connectivity index (χ4n) is 1.85. The van der Waals surface area contributed by atoms with E-state index in [4.69, 9.17) is 16.9 Å². The van der Waals surface area contributed by atoms with Crippen molar-refractivity contribution in [1.29, 1.82) is 5.41 Å². The Hall–Kier alpha value is -2.55. The fraction of sp³-hybridized carbons (Fsp3) is 0.0625. The number of amidine groups is 1. The van der Waals surface area contributed by atoms with Crippen molar-refractivity contribution in [2.24, 2.45) is 5.73 Å². The topological polar surface area (TPSA) is 75.9 Å². The summed E-state index contributed by atoms with van der Waals surface area (Å²) in [6.07, 6.45) is 4.86. The largest absolute Gasteiger partial charge is 0.398 e. The van der Waals surface area contributed by atoms with Crippen LogP contribution in [0, 0.1) is 5.41 Å². The van der Waals surface area contributed by atoms with Gasteiger partial charge in [-0.15, -0.1) is 0 Å². The molecule has 0 fully saturated rings. The van der Waals surface area contributed by atoms with E-state index in [0.717, 1.165) is 28.8 Å². The molecule has 0 aliphatic rings. The van der Waals surface area contributed by atoms with Crippen molar-refractivity contribution in [3.05, 3.63) is 71.3 Å². The maximum Gasteiger partial charge on any atom is 0.122 e.